The highest BCUT2D eigenvalue weighted by molar-refractivity contribution is 5.93. The van der Waals surface area contributed by atoms with Crippen LogP contribution in [0.1, 0.15) is 64.4 Å². The molecule has 0 aromatic heterocycles. The SMILES string of the molecule is COC(=O)[C@@]1(NC(=O)[C@@H](N)CC(=O)OC(C)(C)C)CCCC[C@H]1c1ccccc1. The number of rotatable bonds is 6. The topological polar surface area (TPSA) is 108 Å². The third kappa shape index (κ3) is 5.79. The Morgan fingerprint density at radius 3 is 2.45 bits per heavy atom. The molecular weight excluding hydrogens is 372 g/mol. The minimum atomic E-state index is -1.21. The highest BCUT2D eigenvalue weighted by Gasteiger charge is 2.50. The molecule has 0 radical (unpaired) electrons. The molecule has 0 spiro atoms. The molecule has 1 saturated carbocycles. The first-order valence-corrected chi connectivity index (χ1v) is 10.0. The average Bonchev–Trinajstić information content (AvgIpc) is 2.66. The van der Waals surface area contributed by atoms with Crippen molar-refractivity contribution in [3.05, 3.63) is 35.9 Å². The maximum atomic E-state index is 12.9. The quantitative estimate of drug-likeness (QED) is 0.705. The first-order valence-electron chi connectivity index (χ1n) is 10.0. The Hall–Kier alpha value is -2.41. The molecule has 7 heteroatoms. The molecule has 1 fully saturated rings. The minimum Gasteiger partial charge on any atom is -0.467 e. The Bertz CT molecular complexity index is 728. The Kier molecular flexibility index (Phi) is 7.41. The van der Waals surface area contributed by atoms with Crippen LogP contribution >= 0.6 is 0 Å². The third-order valence-corrected chi connectivity index (χ3v) is 5.15. The summed E-state index contributed by atoms with van der Waals surface area (Å²) in [4.78, 5) is 37.8. The van der Waals surface area contributed by atoms with E-state index in [2.05, 4.69) is 5.32 Å². The summed E-state index contributed by atoms with van der Waals surface area (Å²) in [6, 6.07) is 8.48. The highest BCUT2D eigenvalue weighted by atomic mass is 16.6. The van der Waals surface area contributed by atoms with E-state index in [1.54, 1.807) is 20.8 Å². The number of esters is 2. The summed E-state index contributed by atoms with van der Waals surface area (Å²) in [5.41, 5.74) is 5.06. The fourth-order valence-electron chi connectivity index (χ4n) is 3.90. The fourth-order valence-corrected chi connectivity index (χ4v) is 3.90. The van der Waals surface area contributed by atoms with E-state index in [-0.39, 0.29) is 12.3 Å². The predicted octanol–water partition coefficient (Wildman–Crippen LogP) is 2.43. The summed E-state index contributed by atoms with van der Waals surface area (Å²) in [7, 11) is 1.31. The normalized spacial score (nSPS) is 23.0. The van der Waals surface area contributed by atoms with E-state index in [4.69, 9.17) is 15.2 Å². The van der Waals surface area contributed by atoms with Crippen LogP contribution in [0.15, 0.2) is 30.3 Å². The molecular formula is C22H32N2O5. The third-order valence-electron chi connectivity index (χ3n) is 5.15. The summed E-state index contributed by atoms with van der Waals surface area (Å²) in [6.07, 6.45) is 2.64. The van der Waals surface area contributed by atoms with Crippen molar-refractivity contribution in [1.29, 1.82) is 0 Å². The first kappa shape index (κ1) is 22.9. The zero-order valence-electron chi connectivity index (χ0n) is 17.7. The lowest BCUT2D eigenvalue weighted by molar-refractivity contribution is -0.157. The Balaban J connectivity index is 2.23. The van der Waals surface area contributed by atoms with Crippen molar-refractivity contribution >= 4 is 17.8 Å². The summed E-state index contributed by atoms with van der Waals surface area (Å²) >= 11 is 0. The van der Waals surface area contributed by atoms with Gasteiger partial charge in [0.15, 0.2) is 0 Å². The molecule has 0 bridgehead atoms. The summed E-state index contributed by atoms with van der Waals surface area (Å²) < 4.78 is 10.3. The van der Waals surface area contributed by atoms with Crippen LogP contribution in [0.2, 0.25) is 0 Å². The molecule has 0 aliphatic heterocycles. The molecule has 1 amide bonds. The van der Waals surface area contributed by atoms with Gasteiger partial charge in [0.1, 0.15) is 11.1 Å². The van der Waals surface area contributed by atoms with E-state index in [0.29, 0.717) is 6.42 Å². The van der Waals surface area contributed by atoms with Crippen molar-refractivity contribution in [2.24, 2.45) is 5.73 Å². The van der Waals surface area contributed by atoms with E-state index in [1.165, 1.54) is 7.11 Å². The van der Waals surface area contributed by atoms with Crippen LogP contribution in [0, 0.1) is 0 Å². The van der Waals surface area contributed by atoms with Gasteiger partial charge in [0.25, 0.3) is 0 Å². The lowest BCUT2D eigenvalue weighted by atomic mass is 9.69. The van der Waals surface area contributed by atoms with Gasteiger partial charge in [0.05, 0.1) is 19.6 Å². The predicted molar refractivity (Wildman–Crippen MR) is 109 cm³/mol. The molecule has 1 aromatic rings. The molecule has 0 unspecified atom stereocenters. The number of carbonyl (C=O) groups excluding carboxylic acids is 3. The number of nitrogens with one attached hydrogen (secondary N) is 1. The second-order valence-corrected chi connectivity index (χ2v) is 8.56. The van der Waals surface area contributed by atoms with Crippen molar-refractivity contribution in [3.8, 4) is 0 Å². The van der Waals surface area contributed by atoms with Crippen LogP contribution < -0.4 is 11.1 Å². The van der Waals surface area contributed by atoms with Crippen LogP contribution in [-0.2, 0) is 23.9 Å². The molecule has 1 aromatic carbocycles. The molecule has 1 aliphatic rings. The molecule has 3 N–H and O–H groups in total. The van der Waals surface area contributed by atoms with Gasteiger partial charge in [-0.15, -0.1) is 0 Å². The summed E-state index contributed by atoms with van der Waals surface area (Å²) in [5.74, 6) is -1.86. The molecule has 2 rings (SSSR count). The summed E-state index contributed by atoms with van der Waals surface area (Å²) in [6.45, 7) is 5.24. The number of hydrogen-bond acceptors (Lipinski definition) is 6. The molecule has 1 aliphatic carbocycles. The van der Waals surface area contributed by atoms with Crippen LogP contribution in [0.5, 0.6) is 0 Å². The average molecular weight is 405 g/mol. The van der Waals surface area contributed by atoms with Crippen LogP contribution in [0.25, 0.3) is 0 Å². The number of carbonyl (C=O) groups is 3. The van der Waals surface area contributed by atoms with Gasteiger partial charge in [-0.1, -0.05) is 43.2 Å². The molecule has 3 atom stereocenters. The molecule has 0 saturated heterocycles. The fraction of sp³-hybridized carbons (Fsp3) is 0.591. The van der Waals surface area contributed by atoms with E-state index < -0.39 is 35.0 Å². The highest BCUT2D eigenvalue weighted by Crippen LogP contribution is 2.42. The zero-order valence-corrected chi connectivity index (χ0v) is 17.7. The van der Waals surface area contributed by atoms with Crippen LogP contribution in [-0.4, -0.2) is 42.1 Å². The van der Waals surface area contributed by atoms with Gasteiger partial charge in [0, 0.05) is 5.92 Å². The smallest absolute Gasteiger partial charge is 0.332 e. The maximum absolute atomic E-state index is 12.9. The summed E-state index contributed by atoms with van der Waals surface area (Å²) in [5, 5.41) is 2.85. The number of ether oxygens (including phenoxy) is 2. The molecule has 29 heavy (non-hydrogen) atoms. The van der Waals surface area contributed by atoms with Gasteiger partial charge >= 0.3 is 11.9 Å². The van der Waals surface area contributed by atoms with Crippen molar-refractivity contribution < 1.29 is 23.9 Å². The lowest BCUT2D eigenvalue weighted by Gasteiger charge is -2.43. The number of methoxy groups -OCH3 is 1. The Labute approximate surface area is 172 Å². The Morgan fingerprint density at radius 1 is 1.21 bits per heavy atom. The van der Waals surface area contributed by atoms with Crippen molar-refractivity contribution in [3.63, 3.8) is 0 Å². The van der Waals surface area contributed by atoms with Crippen molar-refractivity contribution in [2.45, 2.75) is 76.0 Å². The molecule has 7 nitrogen and oxygen atoms in total. The monoisotopic (exact) mass is 404 g/mol. The Morgan fingerprint density at radius 2 is 1.86 bits per heavy atom. The van der Waals surface area contributed by atoms with Gasteiger partial charge in [0.2, 0.25) is 5.91 Å². The van der Waals surface area contributed by atoms with Crippen molar-refractivity contribution in [1.82, 2.24) is 5.32 Å². The van der Waals surface area contributed by atoms with Gasteiger partial charge in [-0.25, -0.2) is 4.79 Å². The lowest BCUT2D eigenvalue weighted by Crippen LogP contribution is -2.62. The van der Waals surface area contributed by atoms with E-state index in [9.17, 15) is 14.4 Å². The number of hydrogen-bond donors (Lipinski definition) is 2. The van der Waals surface area contributed by atoms with E-state index in [1.807, 2.05) is 30.3 Å². The first-order chi connectivity index (χ1) is 13.6. The van der Waals surface area contributed by atoms with E-state index in [0.717, 1.165) is 24.8 Å². The minimum absolute atomic E-state index is 0.234. The van der Waals surface area contributed by atoms with Gasteiger partial charge in [-0.05, 0) is 39.2 Å². The second kappa shape index (κ2) is 9.39. The van der Waals surface area contributed by atoms with E-state index >= 15 is 0 Å². The zero-order chi connectivity index (χ0) is 21.7. The van der Waals surface area contributed by atoms with Gasteiger partial charge in [-0.3, -0.25) is 9.59 Å². The maximum Gasteiger partial charge on any atom is 0.332 e. The van der Waals surface area contributed by atoms with Gasteiger partial charge < -0.3 is 20.5 Å². The van der Waals surface area contributed by atoms with Crippen LogP contribution in [0.3, 0.4) is 0 Å². The molecule has 0 heterocycles. The number of nitrogens with two attached hydrogens (primary N) is 1. The second-order valence-electron chi connectivity index (χ2n) is 8.56. The standard InChI is InChI=1S/C22H32N2O5/c1-21(2,3)29-18(25)14-17(23)19(26)24-22(20(27)28-4)13-9-8-12-16(22)15-10-6-5-7-11-15/h5-7,10-11,16-17H,8-9,12-14,23H2,1-4H3,(H,24,26)/t16-,17-,22+/m0/s1. The van der Waals surface area contributed by atoms with Crippen LogP contribution in [0.4, 0.5) is 0 Å². The number of benzene rings is 1. The van der Waals surface area contributed by atoms with Gasteiger partial charge in [-0.2, -0.15) is 0 Å². The largest absolute Gasteiger partial charge is 0.467 e. The molecule has 160 valence electrons. The number of amides is 1. The van der Waals surface area contributed by atoms with Crippen molar-refractivity contribution in [2.75, 3.05) is 7.11 Å².